The van der Waals surface area contributed by atoms with E-state index in [2.05, 4.69) is 26.0 Å². The number of nitrogens with zero attached hydrogens (tertiary/aromatic N) is 1. The predicted molar refractivity (Wildman–Crippen MR) is 259 cm³/mol. The Morgan fingerprint density at radius 3 is 1.26 bits per heavy atom. The first-order valence-corrected chi connectivity index (χ1v) is 27.6. The molecule has 0 bridgehead atoms. The van der Waals surface area contributed by atoms with Gasteiger partial charge in [-0.25, -0.2) is 0 Å². The number of rotatable bonds is 49. The summed E-state index contributed by atoms with van der Waals surface area (Å²) in [6, 6.07) is 0. The number of phosphoric acid groups is 1. The molecule has 0 aromatic heterocycles. The second-order valence-electron chi connectivity index (χ2n) is 19.0. The van der Waals surface area contributed by atoms with E-state index >= 15 is 0 Å². The Labute approximate surface area is 379 Å². The van der Waals surface area contributed by atoms with Crippen molar-refractivity contribution in [1.82, 2.24) is 0 Å². The third kappa shape index (κ3) is 49.7. The van der Waals surface area contributed by atoms with Crippen LogP contribution in [-0.4, -0.2) is 64.1 Å². The van der Waals surface area contributed by atoms with Crippen LogP contribution in [-0.2, 0) is 27.9 Å². The van der Waals surface area contributed by atoms with Crippen LogP contribution in [0.25, 0.3) is 0 Å². The Kier molecular flexibility index (Phi) is 44.5. The minimum absolute atomic E-state index is 0.0187. The largest absolute Gasteiger partial charge is 0.756 e. The maximum absolute atomic E-state index is 12.7. The van der Waals surface area contributed by atoms with E-state index in [0.717, 1.165) is 32.1 Å². The number of hydrogen-bond donors (Lipinski definition) is 0. The summed E-state index contributed by atoms with van der Waals surface area (Å²) in [4.78, 5) is 25.2. The Bertz CT molecular complexity index is 1030. The summed E-state index contributed by atoms with van der Waals surface area (Å²) < 4.78 is 34.5. The van der Waals surface area contributed by atoms with E-state index in [1.165, 1.54) is 199 Å². The second-order valence-corrected chi connectivity index (χ2v) is 20.4. The average Bonchev–Trinajstić information content (AvgIpc) is 3.22. The molecule has 0 radical (unpaired) electrons. The molecule has 0 amide bonds. The van der Waals surface area contributed by atoms with Gasteiger partial charge in [0.25, 0.3) is 7.82 Å². The fraction of sp³-hybridized carbons (Fsp3) is 0.904. The van der Waals surface area contributed by atoms with Gasteiger partial charge in [0, 0.05) is 6.42 Å². The lowest BCUT2D eigenvalue weighted by Crippen LogP contribution is -2.37. The van der Waals surface area contributed by atoms with Crippen LogP contribution in [0.2, 0.25) is 0 Å². The van der Waals surface area contributed by atoms with Gasteiger partial charge >= 0.3 is 5.97 Å². The standard InChI is InChI=1S/C52H102NO7P/c1-6-8-10-12-14-16-18-20-22-24-26-27-28-29-31-33-35-37-39-41-43-45-52(54)60-51(50-59-61(55,56)58-48-46-53(3,4)5)49-57-47-44-42-40-38-36-34-32-30-25-23-21-19-17-15-13-11-9-7-2/h20,22,44,47,51H,6-19,21,23-43,45-46,48-50H2,1-5H3/b22-20+,47-44+/t51-/m1/s1. The van der Waals surface area contributed by atoms with E-state index in [-0.39, 0.29) is 25.8 Å². The van der Waals surface area contributed by atoms with Crippen LogP contribution in [0, 0.1) is 0 Å². The molecule has 0 aliphatic rings. The smallest absolute Gasteiger partial charge is 0.306 e. The lowest BCUT2D eigenvalue weighted by Gasteiger charge is -2.28. The van der Waals surface area contributed by atoms with E-state index in [0.29, 0.717) is 17.4 Å². The first-order valence-electron chi connectivity index (χ1n) is 26.1. The lowest BCUT2D eigenvalue weighted by molar-refractivity contribution is -0.870. The van der Waals surface area contributed by atoms with Gasteiger partial charge in [0.2, 0.25) is 0 Å². The van der Waals surface area contributed by atoms with Gasteiger partial charge in [0.1, 0.15) is 19.8 Å². The van der Waals surface area contributed by atoms with Gasteiger partial charge in [-0.2, -0.15) is 0 Å². The molecule has 0 aliphatic heterocycles. The van der Waals surface area contributed by atoms with Crippen LogP contribution in [0.1, 0.15) is 251 Å². The summed E-state index contributed by atoms with van der Waals surface area (Å²) in [6.07, 6.45) is 54.4. The topological polar surface area (TPSA) is 94.1 Å². The summed E-state index contributed by atoms with van der Waals surface area (Å²) in [6.45, 7) is 4.78. The van der Waals surface area contributed by atoms with Crippen molar-refractivity contribution in [2.75, 3.05) is 47.5 Å². The predicted octanol–water partition coefficient (Wildman–Crippen LogP) is 15.7. The molecule has 0 saturated heterocycles. The molecule has 0 aromatic rings. The quantitative estimate of drug-likeness (QED) is 0.0150. The summed E-state index contributed by atoms with van der Waals surface area (Å²) >= 11 is 0. The monoisotopic (exact) mass is 884 g/mol. The molecule has 0 aliphatic carbocycles. The number of unbranched alkanes of at least 4 members (excludes halogenated alkanes) is 33. The SMILES string of the molecule is CCCCCCCC/C=C/CCCCCCCCCCCCCC(=O)O[C@H](CO/C=C/CCCCCCCCCCCCCCCCCC)COP(=O)([O-])OCC[N+](C)(C)C. The number of allylic oxidation sites excluding steroid dienone is 3. The van der Waals surface area contributed by atoms with Gasteiger partial charge in [-0.05, 0) is 51.0 Å². The van der Waals surface area contributed by atoms with E-state index in [1.807, 2.05) is 27.2 Å². The molecule has 9 heteroatoms. The molecule has 0 heterocycles. The zero-order chi connectivity index (χ0) is 44.8. The highest BCUT2D eigenvalue weighted by Crippen LogP contribution is 2.38. The fourth-order valence-electron chi connectivity index (χ4n) is 7.51. The van der Waals surface area contributed by atoms with E-state index in [1.54, 1.807) is 6.26 Å². The van der Waals surface area contributed by atoms with Crippen LogP contribution >= 0.6 is 7.82 Å². The molecular formula is C52H102NO7P. The van der Waals surface area contributed by atoms with Gasteiger partial charge in [0.15, 0.2) is 6.10 Å². The summed E-state index contributed by atoms with van der Waals surface area (Å²) in [5, 5.41) is 0. The van der Waals surface area contributed by atoms with Crippen molar-refractivity contribution in [3.8, 4) is 0 Å². The van der Waals surface area contributed by atoms with E-state index in [4.69, 9.17) is 18.5 Å². The molecule has 0 N–H and O–H groups in total. The normalized spacial score (nSPS) is 13.7. The molecule has 0 saturated carbocycles. The van der Waals surface area contributed by atoms with Crippen molar-refractivity contribution in [2.24, 2.45) is 0 Å². The van der Waals surface area contributed by atoms with Gasteiger partial charge < -0.3 is 27.9 Å². The fourth-order valence-corrected chi connectivity index (χ4v) is 8.24. The molecule has 0 aromatic carbocycles. The Balaban J connectivity index is 4.15. The van der Waals surface area contributed by atoms with Crippen LogP contribution in [0.4, 0.5) is 0 Å². The van der Waals surface area contributed by atoms with Crippen molar-refractivity contribution >= 4 is 13.8 Å². The number of quaternary nitrogens is 1. The minimum Gasteiger partial charge on any atom is -0.756 e. The molecule has 2 atom stereocenters. The zero-order valence-electron chi connectivity index (χ0n) is 41.1. The molecule has 0 fully saturated rings. The first-order chi connectivity index (χ1) is 29.6. The summed E-state index contributed by atoms with van der Waals surface area (Å²) in [5.41, 5.74) is 0. The second kappa shape index (κ2) is 45.4. The van der Waals surface area contributed by atoms with Crippen LogP contribution < -0.4 is 4.89 Å². The maximum Gasteiger partial charge on any atom is 0.306 e. The van der Waals surface area contributed by atoms with Crippen LogP contribution in [0.5, 0.6) is 0 Å². The van der Waals surface area contributed by atoms with Gasteiger partial charge in [-0.3, -0.25) is 9.36 Å². The Morgan fingerprint density at radius 1 is 0.508 bits per heavy atom. The highest BCUT2D eigenvalue weighted by molar-refractivity contribution is 7.45. The van der Waals surface area contributed by atoms with Crippen molar-refractivity contribution in [1.29, 1.82) is 0 Å². The Morgan fingerprint density at radius 2 is 0.869 bits per heavy atom. The minimum atomic E-state index is -4.54. The number of likely N-dealkylation sites (N-methyl/N-ethyl adjacent to an activating group) is 1. The van der Waals surface area contributed by atoms with Crippen LogP contribution in [0.15, 0.2) is 24.5 Å². The molecule has 0 rings (SSSR count). The number of esters is 1. The Hall–Kier alpha value is -1.18. The molecule has 8 nitrogen and oxygen atoms in total. The lowest BCUT2D eigenvalue weighted by atomic mass is 10.0. The number of carbonyl (C=O) groups is 1. The highest BCUT2D eigenvalue weighted by Gasteiger charge is 2.20. The maximum atomic E-state index is 12.7. The summed E-state index contributed by atoms with van der Waals surface area (Å²) in [7, 11) is 1.34. The molecule has 362 valence electrons. The van der Waals surface area contributed by atoms with Crippen LogP contribution in [0.3, 0.4) is 0 Å². The zero-order valence-corrected chi connectivity index (χ0v) is 42.0. The summed E-state index contributed by atoms with van der Waals surface area (Å²) in [5.74, 6) is -0.352. The molecule has 1 unspecified atom stereocenters. The number of phosphoric ester groups is 1. The van der Waals surface area contributed by atoms with Crippen molar-refractivity contribution in [2.45, 2.75) is 258 Å². The van der Waals surface area contributed by atoms with Gasteiger partial charge in [-0.1, -0.05) is 212 Å². The van der Waals surface area contributed by atoms with E-state index < -0.39 is 13.9 Å². The third-order valence-corrected chi connectivity index (χ3v) is 12.5. The third-order valence-electron chi connectivity index (χ3n) is 11.6. The number of hydrogen-bond acceptors (Lipinski definition) is 7. The highest BCUT2D eigenvalue weighted by atomic mass is 31.2. The van der Waals surface area contributed by atoms with Gasteiger partial charge in [0.05, 0.1) is 34.0 Å². The average molecular weight is 884 g/mol. The van der Waals surface area contributed by atoms with Crippen molar-refractivity contribution in [3.05, 3.63) is 24.5 Å². The molecule has 0 spiro atoms. The van der Waals surface area contributed by atoms with Crippen molar-refractivity contribution in [3.63, 3.8) is 0 Å². The first kappa shape index (κ1) is 59.8. The van der Waals surface area contributed by atoms with Crippen molar-refractivity contribution < 1.29 is 37.3 Å². The van der Waals surface area contributed by atoms with E-state index in [9.17, 15) is 14.3 Å². The van der Waals surface area contributed by atoms with Gasteiger partial charge in [-0.15, -0.1) is 0 Å². The molecular weight excluding hydrogens is 782 g/mol. The molecule has 61 heavy (non-hydrogen) atoms. The number of carbonyl (C=O) groups excluding carboxylic acids is 1. The number of ether oxygens (including phenoxy) is 2.